The molecule has 18 heavy (non-hydrogen) atoms. The highest BCUT2D eigenvalue weighted by Gasteiger charge is 2.08. The minimum absolute atomic E-state index is 0.120. The highest BCUT2D eigenvalue weighted by Crippen LogP contribution is 2.20. The van der Waals surface area contributed by atoms with Crippen LogP contribution in [0.4, 0.5) is 0 Å². The highest BCUT2D eigenvalue weighted by atomic mass is 32.1. The predicted molar refractivity (Wildman–Crippen MR) is 74.2 cm³/mol. The minimum Gasteiger partial charge on any atom is -0.304 e. The highest BCUT2D eigenvalue weighted by molar-refractivity contribution is 7.16. The summed E-state index contributed by atoms with van der Waals surface area (Å²) in [6, 6.07) is 6.06. The van der Waals surface area contributed by atoms with Gasteiger partial charge in [0.25, 0.3) is 0 Å². The summed E-state index contributed by atoms with van der Waals surface area (Å²) in [6.07, 6.45) is 5.81. The van der Waals surface area contributed by atoms with Gasteiger partial charge in [0.1, 0.15) is 0 Å². The number of hydrogen-bond donors (Lipinski definition) is 0. The predicted octanol–water partition coefficient (Wildman–Crippen LogP) is 2.48. The molecule has 0 N–H and O–H groups in total. The van der Waals surface area contributed by atoms with Crippen molar-refractivity contribution < 1.29 is 4.79 Å². The Balaban J connectivity index is 2.79. The van der Waals surface area contributed by atoms with E-state index in [2.05, 4.69) is 10.9 Å². The Kier molecular flexibility index (Phi) is 3.63. The molecular formula is C14H14N2OS. The molecule has 0 aliphatic rings. The fraction of sp³-hybridized carbons (Fsp3) is 0.286. The number of carbonyl (C=O) groups is 1. The van der Waals surface area contributed by atoms with Gasteiger partial charge in [0.05, 0.1) is 16.8 Å². The van der Waals surface area contributed by atoms with E-state index in [1.807, 2.05) is 29.7 Å². The first kappa shape index (κ1) is 12.6. The number of fused-ring (bicyclic) bond motifs is 1. The third kappa shape index (κ3) is 2.22. The van der Waals surface area contributed by atoms with Gasteiger partial charge in [-0.2, -0.15) is 4.99 Å². The molecule has 4 heteroatoms. The molecule has 1 amide bonds. The number of nitrogens with zero attached hydrogens (tertiary/aromatic N) is 2. The molecule has 0 saturated heterocycles. The number of terminal acetylenes is 1. The van der Waals surface area contributed by atoms with E-state index < -0.39 is 0 Å². The Morgan fingerprint density at radius 3 is 3.00 bits per heavy atom. The van der Waals surface area contributed by atoms with Gasteiger partial charge in [-0.3, -0.25) is 4.79 Å². The third-order valence-corrected chi connectivity index (χ3v) is 3.72. The normalized spacial score (nSPS) is 11.7. The van der Waals surface area contributed by atoms with E-state index in [-0.39, 0.29) is 5.91 Å². The number of carbonyl (C=O) groups excluding carboxylic acids is 1. The second kappa shape index (κ2) is 5.19. The average molecular weight is 258 g/mol. The van der Waals surface area contributed by atoms with Crippen LogP contribution in [0.2, 0.25) is 0 Å². The molecule has 1 heterocycles. The largest absolute Gasteiger partial charge is 0.304 e. The van der Waals surface area contributed by atoms with Crippen LogP contribution in [0.25, 0.3) is 10.2 Å². The van der Waals surface area contributed by atoms with Crippen LogP contribution in [0.3, 0.4) is 0 Å². The molecule has 0 aliphatic heterocycles. The summed E-state index contributed by atoms with van der Waals surface area (Å²) in [5.41, 5.74) is 2.22. The number of hydrogen-bond acceptors (Lipinski definition) is 2. The molecule has 0 spiro atoms. The van der Waals surface area contributed by atoms with Crippen molar-refractivity contribution in [3.05, 3.63) is 28.6 Å². The van der Waals surface area contributed by atoms with E-state index in [0.29, 0.717) is 17.8 Å². The number of rotatable bonds is 2. The van der Waals surface area contributed by atoms with Crippen LogP contribution in [0.1, 0.15) is 18.9 Å². The maximum absolute atomic E-state index is 11.5. The van der Waals surface area contributed by atoms with Crippen molar-refractivity contribution in [3.63, 3.8) is 0 Å². The fourth-order valence-corrected chi connectivity index (χ4v) is 2.94. The molecule has 1 aromatic carbocycles. The van der Waals surface area contributed by atoms with E-state index in [1.54, 1.807) is 6.92 Å². The van der Waals surface area contributed by atoms with E-state index in [4.69, 9.17) is 6.42 Å². The van der Waals surface area contributed by atoms with Gasteiger partial charge >= 0.3 is 0 Å². The molecule has 0 aliphatic carbocycles. The van der Waals surface area contributed by atoms with Crippen LogP contribution < -0.4 is 4.80 Å². The first-order chi connectivity index (χ1) is 8.67. The van der Waals surface area contributed by atoms with E-state index >= 15 is 0 Å². The lowest BCUT2D eigenvalue weighted by atomic mass is 10.2. The zero-order valence-electron chi connectivity index (χ0n) is 10.4. The summed E-state index contributed by atoms with van der Waals surface area (Å²) < 4.78 is 3.04. The Bertz CT molecular complexity index is 701. The average Bonchev–Trinajstić information content (AvgIpc) is 2.69. The monoisotopic (exact) mass is 258 g/mol. The minimum atomic E-state index is -0.120. The molecule has 2 rings (SSSR count). The van der Waals surface area contributed by atoms with E-state index in [9.17, 15) is 4.79 Å². The van der Waals surface area contributed by atoms with Crippen molar-refractivity contribution in [1.82, 2.24) is 4.57 Å². The Morgan fingerprint density at radius 1 is 1.56 bits per heavy atom. The van der Waals surface area contributed by atoms with Crippen molar-refractivity contribution >= 4 is 27.5 Å². The summed E-state index contributed by atoms with van der Waals surface area (Å²) in [7, 11) is 0. The van der Waals surface area contributed by atoms with E-state index in [1.165, 1.54) is 11.3 Å². The number of para-hydroxylation sites is 1. The van der Waals surface area contributed by atoms with Crippen molar-refractivity contribution in [3.8, 4) is 12.3 Å². The van der Waals surface area contributed by atoms with Gasteiger partial charge in [-0.15, -0.1) is 6.42 Å². The number of thiazole rings is 1. The summed E-state index contributed by atoms with van der Waals surface area (Å²) in [5, 5.41) is 0. The summed E-state index contributed by atoms with van der Waals surface area (Å²) >= 11 is 1.50. The molecule has 0 saturated carbocycles. The second-order valence-corrected chi connectivity index (χ2v) is 4.96. The topological polar surface area (TPSA) is 34.4 Å². The maximum atomic E-state index is 11.5. The first-order valence-corrected chi connectivity index (χ1v) is 6.59. The van der Waals surface area contributed by atoms with Crippen molar-refractivity contribution in [2.75, 3.05) is 0 Å². The van der Waals surface area contributed by atoms with Crippen LogP contribution >= 0.6 is 11.3 Å². The Hall–Kier alpha value is -1.86. The van der Waals surface area contributed by atoms with E-state index in [0.717, 1.165) is 15.8 Å². The Morgan fingerprint density at radius 2 is 2.33 bits per heavy atom. The lowest BCUT2D eigenvalue weighted by Gasteiger charge is -2.02. The standard InChI is InChI=1S/C14H14N2OS/c1-4-9-16-13-10(3)7-6-8-11(13)18-14(16)15-12(17)5-2/h1,6-8H,5,9H2,2-3H3. The second-order valence-electron chi connectivity index (χ2n) is 3.96. The molecule has 0 bridgehead atoms. The number of benzene rings is 1. The van der Waals surface area contributed by atoms with Gasteiger partial charge in [0.2, 0.25) is 5.91 Å². The van der Waals surface area contributed by atoms with Crippen LogP contribution in [0.15, 0.2) is 23.2 Å². The lowest BCUT2D eigenvalue weighted by Crippen LogP contribution is -2.16. The van der Waals surface area contributed by atoms with Gasteiger partial charge in [-0.05, 0) is 18.6 Å². The quantitative estimate of drug-likeness (QED) is 0.762. The molecule has 0 atom stereocenters. The van der Waals surface area contributed by atoms with Crippen LogP contribution in [0, 0.1) is 19.3 Å². The maximum Gasteiger partial charge on any atom is 0.248 e. The van der Waals surface area contributed by atoms with Gasteiger partial charge in [-0.25, -0.2) is 0 Å². The molecule has 3 nitrogen and oxygen atoms in total. The number of amides is 1. The number of aromatic nitrogens is 1. The SMILES string of the molecule is C#CCn1c(=NC(=O)CC)sc2cccc(C)c21. The molecule has 0 fully saturated rings. The van der Waals surface area contributed by atoms with Gasteiger partial charge < -0.3 is 4.57 Å². The third-order valence-electron chi connectivity index (χ3n) is 2.68. The first-order valence-electron chi connectivity index (χ1n) is 5.77. The number of aryl methyl sites for hydroxylation is 1. The smallest absolute Gasteiger partial charge is 0.248 e. The van der Waals surface area contributed by atoms with Crippen LogP contribution in [-0.2, 0) is 11.3 Å². The Labute approximate surface area is 110 Å². The van der Waals surface area contributed by atoms with Gasteiger partial charge in [-0.1, -0.05) is 36.3 Å². The zero-order valence-corrected chi connectivity index (χ0v) is 11.3. The van der Waals surface area contributed by atoms with Gasteiger partial charge in [0.15, 0.2) is 4.80 Å². The molecule has 1 aromatic heterocycles. The summed E-state index contributed by atoms with van der Waals surface area (Å²) in [4.78, 5) is 16.3. The molecule has 2 aromatic rings. The van der Waals surface area contributed by atoms with Crippen LogP contribution in [0.5, 0.6) is 0 Å². The fourth-order valence-electron chi connectivity index (χ4n) is 1.82. The zero-order chi connectivity index (χ0) is 13.1. The van der Waals surface area contributed by atoms with Crippen LogP contribution in [-0.4, -0.2) is 10.5 Å². The molecule has 0 radical (unpaired) electrons. The summed E-state index contributed by atoms with van der Waals surface area (Å²) in [6.45, 7) is 4.27. The van der Waals surface area contributed by atoms with Crippen molar-refractivity contribution in [1.29, 1.82) is 0 Å². The molecular weight excluding hydrogens is 244 g/mol. The van der Waals surface area contributed by atoms with Gasteiger partial charge in [0, 0.05) is 6.42 Å². The molecule has 92 valence electrons. The molecule has 0 unspecified atom stereocenters. The summed E-state index contributed by atoms with van der Waals surface area (Å²) in [5.74, 6) is 2.50. The van der Waals surface area contributed by atoms with Crippen molar-refractivity contribution in [2.45, 2.75) is 26.8 Å². The van der Waals surface area contributed by atoms with Crippen molar-refractivity contribution in [2.24, 2.45) is 4.99 Å². The lowest BCUT2D eigenvalue weighted by molar-refractivity contribution is -0.117.